The third-order valence-corrected chi connectivity index (χ3v) is 8.91. The second-order valence-corrected chi connectivity index (χ2v) is 12.1. The number of carbonyl (C=O) groups is 2. The van der Waals surface area contributed by atoms with E-state index in [1.807, 2.05) is 74.5 Å². The van der Waals surface area contributed by atoms with Gasteiger partial charge in [-0.15, -0.1) is 0 Å². The molecule has 1 N–H and O–H groups in total. The summed E-state index contributed by atoms with van der Waals surface area (Å²) in [7, 11) is -4.10. The summed E-state index contributed by atoms with van der Waals surface area (Å²) in [6, 6.07) is 34.6. The van der Waals surface area contributed by atoms with E-state index in [0.717, 1.165) is 21.9 Å². The first-order chi connectivity index (χ1) is 20.3. The number of nitrogens with zero attached hydrogens (tertiary/aromatic N) is 2. The Bertz CT molecular complexity index is 1530. The smallest absolute Gasteiger partial charge is 0.264 e. The third kappa shape index (κ3) is 7.85. The van der Waals surface area contributed by atoms with Crippen molar-refractivity contribution in [2.75, 3.05) is 10.8 Å². The number of nitrogens with one attached hydrogen (secondary N) is 1. The van der Waals surface area contributed by atoms with Gasteiger partial charge in [0.05, 0.1) is 10.6 Å². The predicted molar refractivity (Wildman–Crippen MR) is 166 cm³/mol. The minimum absolute atomic E-state index is 0.0756. The summed E-state index contributed by atoms with van der Waals surface area (Å²) < 4.78 is 28.9. The fraction of sp³-hybridized carbons (Fsp3) is 0.235. The van der Waals surface area contributed by atoms with Gasteiger partial charge in [0.25, 0.3) is 10.0 Å². The van der Waals surface area contributed by atoms with Gasteiger partial charge in [-0.05, 0) is 48.7 Å². The Labute approximate surface area is 248 Å². The minimum Gasteiger partial charge on any atom is -0.352 e. The standard InChI is InChI=1S/C34H37N3O4S/c1-3-27(2)35-34(39)32(24-28-16-8-4-9-17-28)36(25-29-18-10-5-11-19-29)33(38)26-37(30-20-12-6-13-21-30)42(40,41)31-22-14-7-15-23-31/h4-23,27,32H,3,24-26H2,1-2H3,(H,35,39)/t27-,32+/m1/s1. The normalized spacial score (nSPS) is 12.6. The molecule has 4 aromatic rings. The highest BCUT2D eigenvalue weighted by molar-refractivity contribution is 7.92. The number of hydrogen-bond acceptors (Lipinski definition) is 4. The van der Waals surface area contributed by atoms with E-state index in [4.69, 9.17) is 0 Å². The van der Waals surface area contributed by atoms with Crippen molar-refractivity contribution in [3.8, 4) is 0 Å². The highest BCUT2D eigenvalue weighted by Gasteiger charge is 2.34. The Morgan fingerprint density at radius 2 is 1.24 bits per heavy atom. The summed E-state index contributed by atoms with van der Waals surface area (Å²) in [5, 5.41) is 3.05. The van der Waals surface area contributed by atoms with Gasteiger partial charge in [-0.3, -0.25) is 13.9 Å². The lowest BCUT2D eigenvalue weighted by Gasteiger charge is -2.34. The Kier molecular flexibility index (Phi) is 10.5. The molecule has 0 aliphatic carbocycles. The van der Waals surface area contributed by atoms with Crippen LogP contribution in [0.1, 0.15) is 31.4 Å². The highest BCUT2D eigenvalue weighted by Crippen LogP contribution is 2.25. The number of benzene rings is 4. The van der Waals surface area contributed by atoms with E-state index in [1.165, 1.54) is 17.0 Å². The second-order valence-electron chi connectivity index (χ2n) is 10.2. The van der Waals surface area contributed by atoms with Crippen molar-refractivity contribution in [2.45, 2.75) is 50.2 Å². The molecule has 2 amide bonds. The maximum absolute atomic E-state index is 14.3. The van der Waals surface area contributed by atoms with E-state index in [-0.39, 0.29) is 29.8 Å². The number of amides is 2. The first-order valence-electron chi connectivity index (χ1n) is 14.1. The molecule has 0 bridgehead atoms. The van der Waals surface area contributed by atoms with Gasteiger partial charge in [0, 0.05) is 19.0 Å². The lowest BCUT2D eigenvalue weighted by atomic mass is 10.0. The average molecular weight is 584 g/mol. The molecule has 0 radical (unpaired) electrons. The van der Waals surface area contributed by atoms with E-state index in [1.54, 1.807) is 48.5 Å². The molecule has 0 saturated carbocycles. The van der Waals surface area contributed by atoms with E-state index in [9.17, 15) is 18.0 Å². The molecule has 2 atom stereocenters. The number of carbonyl (C=O) groups excluding carboxylic acids is 2. The molecule has 0 fully saturated rings. The van der Waals surface area contributed by atoms with Crippen LogP contribution in [0.5, 0.6) is 0 Å². The molecule has 42 heavy (non-hydrogen) atoms. The van der Waals surface area contributed by atoms with Crippen LogP contribution >= 0.6 is 0 Å². The second kappa shape index (κ2) is 14.5. The Balaban J connectivity index is 1.77. The molecule has 0 unspecified atom stereocenters. The first-order valence-corrected chi connectivity index (χ1v) is 15.5. The lowest BCUT2D eigenvalue weighted by Crippen LogP contribution is -2.54. The molecule has 0 aliphatic rings. The molecule has 0 saturated heterocycles. The highest BCUT2D eigenvalue weighted by atomic mass is 32.2. The van der Waals surface area contributed by atoms with Crippen molar-refractivity contribution in [1.29, 1.82) is 0 Å². The van der Waals surface area contributed by atoms with Crippen LogP contribution in [0.2, 0.25) is 0 Å². The largest absolute Gasteiger partial charge is 0.352 e. The Hall–Kier alpha value is -4.43. The molecule has 0 aliphatic heterocycles. The molecule has 8 heteroatoms. The van der Waals surface area contributed by atoms with Crippen molar-refractivity contribution < 1.29 is 18.0 Å². The number of sulfonamides is 1. The number of para-hydroxylation sites is 1. The molecule has 0 aromatic heterocycles. The number of anilines is 1. The monoisotopic (exact) mass is 583 g/mol. The predicted octanol–water partition coefficient (Wildman–Crippen LogP) is 5.44. The molecule has 4 aromatic carbocycles. The van der Waals surface area contributed by atoms with Crippen LogP contribution in [0.4, 0.5) is 5.69 Å². The fourth-order valence-corrected chi connectivity index (χ4v) is 6.05. The van der Waals surface area contributed by atoms with Gasteiger partial charge in [-0.1, -0.05) is 104 Å². The SMILES string of the molecule is CC[C@@H](C)NC(=O)[C@H](Cc1ccccc1)N(Cc1ccccc1)C(=O)CN(c1ccccc1)S(=O)(=O)c1ccccc1. The van der Waals surface area contributed by atoms with Crippen molar-refractivity contribution in [2.24, 2.45) is 0 Å². The van der Waals surface area contributed by atoms with Crippen LogP contribution < -0.4 is 9.62 Å². The molecular weight excluding hydrogens is 546 g/mol. The quantitative estimate of drug-likeness (QED) is 0.227. The first kappa shape index (κ1) is 30.5. The third-order valence-electron chi connectivity index (χ3n) is 7.12. The van der Waals surface area contributed by atoms with Gasteiger partial charge in [-0.2, -0.15) is 0 Å². The van der Waals surface area contributed by atoms with Gasteiger partial charge in [-0.25, -0.2) is 8.42 Å². The zero-order valence-corrected chi connectivity index (χ0v) is 24.8. The Morgan fingerprint density at radius 1 is 0.738 bits per heavy atom. The Morgan fingerprint density at radius 3 is 1.79 bits per heavy atom. The van der Waals surface area contributed by atoms with Crippen LogP contribution in [-0.2, 0) is 32.6 Å². The van der Waals surface area contributed by atoms with Gasteiger partial charge >= 0.3 is 0 Å². The molecule has 0 heterocycles. The number of hydrogen-bond donors (Lipinski definition) is 1. The van der Waals surface area contributed by atoms with Crippen LogP contribution in [0.3, 0.4) is 0 Å². The van der Waals surface area contributed by atoms with E-state index < -0.39 is 28.5 Å². The topological polar surface area (TPSA) is 86.8 Å². The van der Waals surface area contributed by atoms with Crippen LogP contribution in [0, 0.1) is 0 Å². The van der Waals surface area contributed by atoms with Crippen LogP contribution in [-0.4, -0.2) is 43.8 Å². The maximum Gasteiger partial charge on any atom is 0.264 e. The fourth-order valence-electron chi connectivity index (χ4n) is 4.62. The molecular formula is C34H37N3O4S. The van der Waals surface area contributed by atoms with E-state index in [2.05, 4.69) is 5.32 Å². The lowest BCUT2D eigenvalue weighted by molar-refractivity contribution is -0.140. The molecule has 218 valence electrons. The van der Waals surface area contributed by atoms with Gasteiger partial charge in [0.2, 0.25) is 11.8 Å². The zero-order valence-electron chi connectivity index (χ0n) is 24.0. The average Bonchev–Trinajstić information content (AvgIpc) is 3.03. The molecule has 0 spiro atoms. The molecule has 7 nitrogen and oxygen atoms in total. The summed E-state index contributed by atoms with van der Waals surface area (Å²) in [5.74, 6) is -0.767. The molecule has 4 rings (SSSR count). The summed E-state index contributed by atoms with van der Waals surface area (Å²) in [5.41, 5.74) is 2.08. The van der Waals surface area contributed by atoms with Crippen molar-refractivity contribution in [3.63, 3.8) is 0 Å². The van der Waals surface area contributed by atoms with E-state index >= 15 is 0 Å². The van der Waals surface area contributed by atoms with Crippen LogP contribution in [0.15, 0.2) is 126 Å². The van der Waals surface area contributed by atoms with Crippen molar-refractivity contribution >= 4 is 27.5 Å². The van der Waals surface area contributed by atoms with E-state index in [0.29, 0.717) is 5.69 Å². The zero-order chi connectivity index (χ0) is 30.0. The van der Waals surface area contributed by atoms with Crippen molar-refractivity contribution in [1.82, 2.24) is 10.2 Å². The summed E-state index contributed by atoms with van der Waals surface area (Å²) in [4.78, 5) is 29.7. The number of rotatable bonds is 13. The van der Waals surface area contributed by atoms with Crippen molar-refractivity contribution in [3.05, 3.63) is 132 Å². The summed E-state index contributed by atoms with van der Waals surface area (Å²) in [6.45, 7) is 3.57. The van der Waals surface area contributed by atoms with Gasteiger partial charge in [0.1, 0.15) is 12.6 Å². The minimum atomic E-state index is -4.10. The van der Waals surface area contributed by atoms with Gasteiger partial charge < -0.3 is 10.2 Å². The van der Waals surface area contributed by atoms with Gasteiger partial charge in [0.15, 0.2) is 0 Å². The summed E-state index contributed by atoms with van der Waals surface area (Å²) >= 11 is 0. The maximum atomic E-state index is 14.3. The van der Waals surface area contributed by atoms with Crippen LogP contribution in [0.25, 0.3) is 0 Å². The summed E-state index contributed by atoms with van der Waals surface area (Å²) in [6.07, 6.45) is 1.01.